The van der Waals surface area contributed by atoms with Crippen molar-refractivity contribution in [1.29, 1.82) is 0 Å². The van der Waals surface area contributed by atoms with Crippen LogP contribution < -0.4 is 5.32 Å². The average molecular weight is 308 g/mol. The van der Waals surface area contributed by atoms with Crippen molar-refractivity contribution in [2.24, 2.45) is 0 Å². The highest BCUT2D eigenvalue weighted by atomic mass is 35.5. The van der Waals surface area contributed by atoms with Gasteiger partial charge in [0.05, 0.1) is 0 Å². The minimum Gasteiger partial charge on any atom is -0.370 e. The molecule has 0 aliphatic rings. The van der Waals surface area contributed by atoms with Gasteiger partial charge in [-0.2, -0.15) is 0 Å². The van der Waals surface area contributed by atoms with E-state index in [1.807, 2.05) is 20.8 Å². The molecule has 21 heavy (non-hydrogen) atoms. The van der Waals surface area contributed by atoms with Crippen LogP contribution in [0.1, 0.15) is 32.2 Å². The third-order valence-corrected chi connectivity index (χ3v) is 3.19. The predicted molar refractivity (Wildman–Crippen MR) is 84.3 cm³/mol. The largest absolute Gasteiger partial charge is 0.370 e. The summed E-state index contributed by atoms with van der Waals surface area (Å²) in [6.45, 7) is 6.82. The standard InChI is InChI=1S/C16H19ClFN3/c1-16(2,3)15-20-13(17)10-14(21-15)19-9-8-11-4-6-12(18)7-5-11/h4-7,10H,8-9H2,1-3H3,(H,19,20,21). The molecule has 2 aromatic rings. The molecule has 0 atom stereocenters. The Morgan fingerprint density at radius 1 is 1.14 bits per heavy atom. The van der Waals surface area contributed by atoms with Crippen LogP contribution in [-0.4, -0.2) is 16.5 Å². The Morgan fingerprint density at radius 3 is 2.43 bits per heavy atom. The third kappa shape index (κ3) is 4.67. The molecule has 0 bridgehead atoms. The Balaban J connectivity index is 2.00. The van der Waals surface area contributed by atoms with Crippen LogP contribution in [0.4, 0.5) is 10.2 Å². The molecule has 1 N–H and O–H groups in total. The quantitative estimate of drug-likeness (QED) is 0.859. The molecule has 3 nitrogen and oxygen atoms in total. The Hall–Kier alpha value is -1.68. The van der Waals surface area contributed by atoms with Gasteiger partial charge in [-0.25, -0.2) is 14.4 Å². The highest BCUT2D eigenvalue weighted by Gasteiger charge is 2.18. The van der Waals surface area contributed by atoms with E-state index < -0.39 is 0 Å². The molecule has 112 valence electrons. The molecule has 0 aliphatic heterocycles. The predicted octanol–water partition coefficient (Wildman–Crippen LogP) is 4.22. The van der Waals surface area contributed by atoms with E-state index in [1.165, 1.54) is 12.1 Å². The number of aromatic nitrogens is 2. The fourth-order valence-electron chi connectivity index (χ4n) is 1.83. The third-order valence-electron chi connectivity index (χ3n) is 3.00. The maximum atomic E-state index is 12.8. The molecule has 0 saturated carbocycles. The zero-order valence-corrected chi connectivity index (χ0v) is 13.2. The molecule has 0 saturated heterocycles. The summed E-state index contributed by atoms with van der Waals surface area (Å²) in [5, 5.41) is 3.66. The number of nitrogens with one attached hydrogen (secondary N) is 1. The van der Waals surface area contributed by atoms with Gasteiger partial charge in [-0.3, -0.25) is 0 Å². The Labute approximate surface area is 129 Å². The van der Waals surface area contributed by atoms with E-state index in [1.54, 1.807) is 18.2 Å². The maximum absolute atomic E-state index is 12.8. The van der Waals surface area contributed by atoms with Crippen LogP contribution in [0.25, 0.3) is 0 Å². The Kier molecular flexibility index (Phi) is 4.78. The van der Waals surface area contributed by atoms with Crippen LogP contribution in [0, 0.1) is 5.82 Å². The molecular formula is C16H19ClFN3. The smallest absolute Gasteiger partial charge is 0.137 e. The van der Waals surface area contributed by atoms with Gasteiger partial charge in [-0.05, 0) is 24.1 Å². The Morgan fingerprint density at radius 2 is 1.81 bits per heavy atom. The summed E-state index contributed by atoms with van der Waals surface area (Å²) >= 11 is 6.04. The van der Waals surface area contributed by atoms with Crippen LogP contribution in [0.5, 0.6) is 0 Å². The first-order chi connectivity index (χ1) is 9.84. The topological polar surface area (TPSA) is 37.8 Å². The number of hydrogen-bond acceptors (Lipinski definition) is 3. The van der Waals surface area contributed by atoms with Gasteiger partial charge in [0.2, 0.25) is 0 Å². The van der Waals surface area contributed by atoms with E-state index in [-0.39, 0.29) is 11.2 Å². The van der Waals surface area contributed by atoms with E-state index in [2.05, 4.69) is 15.3 Å². The Bertz CT molecular complexity index is 606. The van der Waals surface area contributed by atoms with Gasteiger partial charge < -0.3 is 5.32 Å². The van der Waals surface area contributed by atoms with Crippen molar-refractivity contribution in [2.45, 2.75) is 32.6 Å². The molecule has 5 heteroatoms. The van der Waals surface area contributed by atoms with Crippen molar-refractivity contribution in [3.63, 3.8) is 0 Å². The molecule has 0 aliphatic carbocycles. The van der Waals surface area contributed by atoms with Gasteiger partial charge in [0.25, 0.3) is 0 Å². The molecule has 0 fully saturated rings. The minimum absolute atomic E-state index is 0.154. The lowest BCUT2D eigenvalue weighted by molar-refractivity contribution is 0.546. The molecule has 1 heterocycles. The summed E-state index contributed by atoms with van der Waals surface area (Å²) < 4.78 is 12.8. The second-order valence-electron chi connectivity index (χ2n) is 5.95. The summed E-state index contributed by atoms with van der Waals surface area (Å²) in [5.74, 6) is 1.20. The number of benzene rings is 1. The molecular weight excluding hydrogens is 289 g/mol. The molecule has 0 radical (unpaired) electrons. The second-order valence-corrected chi connectivity index (χ2v) is 6.34. The van der Waals surface area contributed by atoms with Crippen molar-refractivity contribution in [3.8, 4) is 0 Å². The van der Waals surface area contributed by atoms with Crippen molar-refractivity contribution < 1.29 is 4.39 Å². The number of hydrogen-bond donors (Lipinski definition) is 1. The van der Waals surface area contributed by atoms with Gasteiger partial charge in [0.1, 0.15) is 22.6 Å². The summed E-state index contributed by atoms with van der Waals surface area (Å²) in [6.07, 6.45) is 0.784. The van der Waals surface area contributed by atoms with E-state index in [0.29, 0.717) is 23.3 Å². The normalized spacial score (nSPS) is 11.5. The highest BCUT2D eigenvalue weighted by Crippen LogP contribution is 2.22. The monoisotopic (exact) mass is 307 g/mol. The molecule has 0 unspecified atom stereocenters. The number of rotatable bonds is 4. The van der Waals surface area contributed by atoms with Crippen molar-refractivity contribution in [2.75, 3.05) is 11.9 Å². The van der Waals surface area contributed by atoms with E-state index >= 15 is 0 Å². The number of halogens is 2. The first kappa shape index (κ1) is 15.7. The zero-order valence-electron chi connectivity index (χ0n) is 12.5. The van der Waals surface area contributed by atoms with Crippen LogP contribution in [-0.2, 0) is 11.8 Å². The molecule has 0 spiro atoms. The van der Waals surface area contributed by atoms with Crippen LogP contribution in [0.15, 0.2) is 30.3 Å². The van der Waals surface area contributed by atoms with Crippen LogP contribution in [0.2, 0.25) is 5.15 Å². The van der Waals surface area contributed by atoms with Gasteiger partial charge in [0, 0.05) is 18.0 Å². The molecule has 1 aromatic carbocycles. The fraction of sp³-hybridized carbons (Fsp3) is 0.375. The molecule has 2 rings (SSSR count). The van der Waals surface area contributed by atoms with Crippen LogP contribution in [0.3, 0.4) is 0 Å². The maximum Gasteiger partial charge on any atom is 0.137 e. The summed E-state index contributed by atoms with van der Waals surface area (Å²) in [6, 6.07) is 8.21. The second kappa shape index (κ2) is 6.39. The number of anilines is 1. The van der Waals surface area contributed by atoms with E-state index in [4.69, 9.17) is 11.6 Å². The van der Waals surface area contributed by atoms with Gasteiger partial charge in [-0.1, -0.05) is 44.5 Å². The van der Waals surface area contributed by atoms with Crippen LogP contribution >= 0.6 is 11.6 Å². The molecule has 1 aromatic heterocycles. The van der Waals surface area contributed by atoms with Gasteiger partial charge in [-0.15, -0.1) is 0 Å². The first-order valence-corrected chi connectivity index (χ1v) is 7.26. The minimum atomic E-state index is -0.218. The lowest BCUT2D eigenvalue weighted by Gasteiger charge is -2.17. The SMILES string of the molecule is CC(C)(C)c1nc(Cl)cc(NCCc2ccc(F)cc2)n1. The lowest BCUT2D eigenvalue weighted by Crippen LogP contribution is -2.17. The van der Waals surface area contributed by atoms with Gasteiger partial charge >= 0.3 is 0 Å². The van der Waals surface area contributed by atoms with E-state index in [0.717, 1.165) is 12.0 Å². The first-order valence-electron chi connectivity index (χ1n) is 6.88. The van der Waals surface area contributed by atoms with Crippen molar-refractivity contribution in [1.82, 2.24) is 9.97 Å². The summed E-state index contributed by atoms with van der Waals surface area (Å²) in [4.78, 5) is 8.74. The highest BCUT2D eigenvalue weighted by molar-refractivity contribution is 6.29. The molecule has 0 amide bonds. The lowest BCUT2D eigenvalue weighted by atomic mass is 9.96. The zero-order chi connectivity index (χ0) is 15.5. The summed E-state index contributed by atoms with van der Waals surface area (Å²) in [5.41, 5.74) is 0.915. The van der Waals surface area contributed by atoms with Crippen molar-refractivity contribution >= 4 is 17.4 Å². The average Bonchev–Trinajstić information content (AvgIpc) is 2.39. The van der Waals surface area contributed by atoms with Gasteiger partial charge in [0.15, 0.2) is 0 Å². The van der Waals surface area contributed by atoms with Crippen molar-refractivity contribution in [3.05, 3.63) is 52.7 Å². The summed E-state index contributed by atoms with van der Waals surface area (Å²) in [7, 11) is 0. The fourth-order valence-corrected chi connectivity index (χ4v) is 2.01. The van der Waals surface area contributed by atoms with E-state index in [9.17, 15) is 4.39 Å². The number of nitrogens with zero attached hydrogens (tertiary/aromatic N) is 2.